The molecule has 0 bridgehead atoms. The number of thiol groups is 1. The van der Waals surface area contributed by atoms with Crippen molar-refractivity contribution in [3.05, 3.63) is 59.4 Å². The molecule has 3 nitrogen and oxygen atoms in total. The first-order valence-electron chi connectivity index (χ1n) is 4.95. The van der Waals surface area contributed by atoms with Gasteiger partial charge in [-0.3, -0.25) is 0 Å². The zero-order valence-electron chi connectivity index (χ0n) is 9.01. The van der Waals surface area contributed by atoms with Crippen LogP contribution in [0, 0.1) is 11.9 Å². The molecule has 0 saturated carbocycles. The average molecular weight is 285 g/mol. The van der Waals surface area contributed by atoms with Crippen LogP contribution in [0.5, 0.6) is 0 Å². The minimum Gasteiger partial charge on any atom is -0.239 e. The molecule has 2 aromatic carbocycles. The highest BCUT2D eigenvalue weighted by Crippen LogP contribution is 2.31. The molecule has 2 rings (SSSR count). The molecule has 18 heavy (non-hydrogen) atoms. The Morgan fingerprint density at radius 1 is 1.17 bits per heavy atom. The minimum absolute atomic E-state index is 0.275. The zero-order chi connectivity index (χ0) is 13.1. The molecular weight excluding hydrogens is 277 g/mol. The van der Waals surface area contributed by atoms with Gasteiger partial charge in [0.2, 0.25) is 10.9 Å². The summed E-state index contributed by atoms with van der Waals surface area (Å²) in [4.78, 5) is 0. The fourth-order valence-electron chi connectivity index (χ4n) is 1.47. The molecule has 6 heteroatoms. The number of hydrogen-bond donors (Lipinski definition) is 1. The average Bonchev–Trinajstić information content (AvgIpc) is 2.34. The van der Waals surface area contributed by atoms with Gasteiger partial charge in [-0.25, -0.2) is 17.1 Å². The third-order valence-corrected chi connectivity index (χ3v) is 3.35. The molecule has 2 aromatic rings. The Labute approximate surface area is 111 Å². The SMILES string of the molecule is O=[SH](=O)N(c1ccc(F)cc1)c1c[c]ccc1Cl. The van der Waals surface area contributed by atoms with E-state index < -0.39 is 16.7 Å². The molecule has 0 aliphatic heterocycles. The van der Waals surface area contributed by atoms with Gasteiger partial charge in [0.05, 0.1) is 16.4 Å². The lowest BCUT2D eigenvalue weighted by molar-refractivity contribution is 0.614. The van der Waals surface area contributed by atoms with Gasteiger partial charge in [-0.05, 0) is 42.5 Å². The summed E-state index contributed by atoms with van der Waals surface area (Å²) in [7, 11) is -2.94. The van der Waals surface area contributed by atoms with Gasteiger partial charge < -0.3 is 0 Å². The Hall–Kier alpha value is -1.59. The molecule has 1 radical (unpaired) electrons. The van der Waals surface area contributed by atoms with E-state index >= 15 is 0 Å². The molecule has 0 amide bonds. The van der Waals surface area contributed by atoms with E-state index in [2.05, 4.69) is 6.07 Å². The maximum absolute atomic E-state index is 12.8. The summed E-state index contributed by atoms with van der Waals surface area (Å²) in [6.07, 6.45) is 0. The first kappa shape index (κ1) is 12.9. The van der Waals surface area contributed by atoms with Crippen LogP contribution in [-0.4, -0.2) is 8.42 Å². The Bertz CT molecular complexity index is 620. The summed E-state index contributed by atoms with van der Waals surface area (Å²) in [6, 6.07) is 12.4. The molecule has 0 atom stereocenters. The van der Waals surface area contributed by atoms with Crippen LogP contribution in [-0.2, 0) is 10.9 Å². The second kappa shape index (κ2) is 5.37. The lowest BCUT2D eigenvalue weighted by atomic mass is 10.2. The van der Waals surface area contributed by atoms with Crippen molar-refractivity contribution in [3.8, 4) is 0 Å². The first-order valence-corrected chi connectivity index (χ1v) is 6.46. The monoisotopic (exact) mass is 284 g/mol. The highest BCUT2D eigenvalue weighted by Gasteiger charge is 2.14. The van der Waals surface area contributed by atoms with Crippen LogP contribution < -0.4 is 4.31 Å². The van der Waals surface area contributed by atoms with E-state index in [1.807, 2.05) is 0 Å². The second-order valence-corrected chi connectivity index (χ2v) is 4.69. The molecule has 0 fully saturated rings. The first-order chi connectivity index (χ1) is 8.59. The van der Waals surface area contributed by atoms with Gasteiger partial charge in [0.1, 0.15) is 5.82 Å². The van der Waals surface area contributed by atoms with Crippen molar-refractivity contribution in [2.45, 2.75) is 0 Å². The summed E-state index contributed by atoms with van der Waals surface area (Å²) in [6.45, 7) is 0. The predicted molar refractivity (Wildman–Crippen MR) is 69.1 cm³/mol. The number of anilines is 2. The molecular formula is C12H8ClFNO2S. The van der Waals surface area contributed by atoms with Crippen molar-refractivity contribution >= 4 is 33.9 Å². The summed E-state index contributed by atoms with van der Waals surface area (Å²) in [5.41, 5.74) is 0.593. The summed E-state index contributed by atoms with van der Waals surface area (Å²) < 4.78 is 36.5. The Morgan fingerprint density at radius 2 is 1.83 bits per heavy atom. The fourth-order valence-corrected chi connectivity index (χ4v) is 2.39. The normalized spacial score (nSPS) is 10.6. The van der Waals surface area contributed by atoms with E-state index in [1.165, 1.54) is 36.4 Å². The van der Waals surface area contributed by atoms with Gasteiger partial charge in [-0.2, -0.15) is 0 Å². The summed E-state index contributed by atoms with van der Waals surface area (Å²) in [5.74, 6) is -0.439. The molecule has 0 aromatic heterocycles. The van der Waals surface area contributed by atoms with Crippen molar-refractivity contribution in [2.75, 3.05) is 4.31 Å². The lowest BCUT2D eigenvalue weighted by Gasteiger charge is -2.18. The van der Waals surface area contributed by atoms with Crippen molar-refractivity contribution in [3.63, 3.8) is 0 Å². The third-order valence-electron chi connectivity index (χ3n) is 2.25. The number of benzene rings is 2. The van der Waals surface area contributed by atoms with E-state index in [1.54, 1.807) is 6.07 Å². The van der Waals surface area contributed by atoms with E-state index in [9.17, 15) is 12.8 Å². The second-order valence-electron chi connectivity index (χ2n) is 3.40. The molecule has 0 saturated heterocycles. The Kier molecular flexibility index (Phi) is 3.84. The number of rotatable bonds is 3. The van der Waals surface area contributed by atoms with Gasteiger partial charge >= 0.3 is 0 Å². The van der Waals surface area contributed by atoms with Crippen molar-refractivity contribution in [1.29, 1.82) is 0 Å². The third kappa shape index (κ3) is 2.63. The number of halogens is 2. The van der Waals surface area contributed by atoms with Gasteiger partial charge in [-0.15, -0.1) is 0 Å². The maximum atomic E-state index is 12.8. The molecule has 0 heterocycles. The molecule has 0 aliphatic rings. The topological polar surface area (TPSA) is 37.4 Å². The van der Waals surface area contributed by atoms with Crippen LogP contribution in [0.1, 0.15) is 0 Å². The van der Waals surface area contributed by atoms with Crippen LogP contribution in [0.15, 0.2) is 42.5 Å². The van der Waals surface area contributed by atoms with Gasteiger partial charge in [-0.1, -0.05) is 17.7 Å². The fraction of sp³-hybridized carbons (Fsp3) is 0. The highest BCUT2D eigenvalue weighted by molar-refractivity contribution is 7.74. The van der Waals surface area contributed by atoms with Gasteiger partial charge in [0.15, 0.2) is 0 Å². The smallest absolute Gasteiger partial charge is 0.229 e. The quantitative estimate of drug-likeness (QED) is 0.880. The van der Waals surface area contributed by atoms with E-state index in [0.29, 0.717) is 5.69 Å². The minimum atomic E-state index is -2.94. The summed E-state index contributed by atoms with van der Waals surface area (Å²) in [5, 5.41) is 0.275. The van der Waals surface area contributed by atoms with E-state index in [-0.39, 0.29) is 10.7 Å². The highest BCUT2D eigenvalue weighted by atomic mass is 35.5. The number of hydrogen-bond acceptors (Lipinski definition) is 2. The molecule has 93 valence electrons. The Morgan fingerprint density at radius 3 is 2.39 bits per heavy atom. The van der Waals surface area contributed by atoms with Crippen LogP contribution in [0.3, 0.4) is 0 Å². The van der Waals surface area contributed by atoms with Crippen LogP contribution >= 0.6 is 11.6 Å². The Balaban J connectivity index is 2.54. The molecule has 0 N–H and O–H groups in total. The standard InChI is InChI=1S/C12H8ClFNO2S/c13-11-3-1-2-4-12(11)15(18(16)17)10-7-5-9(14)6-8-10/h1,3-8,18H. The lowest BCUT2D eigenvalue weighted by Crippen LogP contribution is -2.14. The van der Waals surface area contributed by atoms with Crippen molar-refractivity contribution < 1.29 is 12.8 Å². The van der Waals surface area contributed by atoms with Gasteiger partial charge in [0.25, 0.3) is 0 Å². The van der Waals surface area contributed by atoms with E-state index in [4.69, 9.17) is 11.6 Å². The van der Waals surface area contributed by atoms with Gasteiger partial charge in [0, 0.05) is 0 Å². The van der Waals surface area contributed by atoms with E-state index in [0.717, 1.165) is 4.31 Å². The van der Waals surface area contributed by atoms with Crippen LogP contribution in [0.4, 0.5) is 15.8 Å². The summed E-state index contributed by atoms with van der Waals surface area (Å²) >= 11 is 5.94. The molecule has 0 aliphatic carbocycles. The van der Waals surface area contributed by atoms with Crippen molar-refractivity contribution in [1.82, 2.24) is 0 Å². The maximum Gasteiger partial charge on any atom is 0.229 e. The zero-order valence-corrected chi connectivity index (χ0v) is 10.7. The number of nitrogens with zero attached hydrogens (tertiary/aromatic N) is 1. The predicted octanol–water partition coefficient (Wildman–Crippen LogP) is 2.94. The van der Waals surface area contributed by atoms with Crippen LogP contribution in [0.2, 0.25) is 5.02 Å². The largest absolute Gasteiger partial charge is 0.239 e. The molecule has 0 spiro atoms. The molecule has 0 unspecified atom stereocenters. The van der Waals surface area contributed by atoms with Crippen molar-refractivity contribution in [2.24, 2.45) is 0 Å². The van der Waals surface area contributed by atoms with Crippen LogP contribution in [0.25, 0.3) is 0 Å².